The van der Waals surface area contributed by atoms with Crippen molar-refractivity contribution in [2.45, 2.75) is 26.7 Å². The van der Waals surface area contributed by atoms with E-state index in [1.165, 1.54) is 22.3 Å². The molecule has 0 spiro atoms. The van der Waals surface area contributed by atoms with Gasteiger partial charge in [0.15, 0.2) is 0 Å². The van der Waals surface area contributed by atoms with Crippen LogP contribution in [0.25, 0.3) is 0 Å². The monoisotopic (exact) mass is 255 g/mol. The van der Waals surface area contributed by atoms with Gasteiger partial charge in [0, 0.05) is 5.69 Å². The first-order chi connectivity index (χ1) is 9.11. The lowest BCUT2D eigenvalue weighted by atomic mass is 9.96. The first-order valence-electron chi connectivity index (χ1n) is 6.59. The van der Waals surface area contributed by atoms with Gasteiger partial charge in [-0.3, -0.25) is 0 Å². The standard InChI is InChI=1S/C17H21NO/c1-12-13(2)17(18)11-8-15(12)7-4-14-5-9-16(19-3)10-6-14/h5-6,8-11H,4,7,18H2,1-3H3. The molecule has 0 aromatic heterocycles. The lowest BCUT2D eigenvalue weighted by molar-refractivity contribution is 0.414. The molecule has 0 atom stereocenters. The third-order valence-electron chi connectivity index (χ3n) is 3.78. The summed E-state index contributed by atoms with van der Waals surface area (Å²) in [5.74, 6) is 0.906. The van der Waals surface area contributed by atoms with Gasteiger partial charge in [0.25, 0.3) is 0 Å². The predicted octanol–water partition coefficient (Wildman–Crippen LogP) is 3.68. The number of anilines is 1. The van der Waals surface area contributed by atoms with Crippen molar-refractivity contribution in [3.8, 4) is 5.75 Å². The second-order valence-electron chi connectivity index (χ2n) is 4.91. The number of aryl methyl sites for hydroxylation is 2. The van der Waals surface area contributed by atoms with Gasteiger partial charge in [0.1, 0.15) is 5.75 Å². The van der Waals surface area contributed by atoms with Crippen molar-refractivity contribution in [3.05, 3.63) is 58.7 Å². The number of methoxy groups -OCH3 is 1. The quantitative estimate of drug-likeness (QED) is 0.846. The molecule has 0 aliphatic carbocycles. The fourth-order valence-corrected chi connectivity index (χ4v) is 2.24. The highest BCUT2D eigenvalue weighted by Gasteiger charge is 2.04. The minimum absolute atomic E-state index is 0.880. The number of ether oxygens (including phenoxy) is 1. The minimum Gasteiger partial charge on any atom is -0.497 e. The highest BCUT2D eigenvalue weighted by molar-refractivity contribution is 5.52. The first-order valence-corrected chi connectivity index (χ1v) is 6.59. The van der Waals surface area contributed by atoms with Crippen LogP contribution in [0.2, 0.25) is 0 Å². The Morgan fingerprint density at radius 3 is 2.21 bits per heavy atom. The molecule has 0 radical (unpaired) electrons. The second-order valence-corrected chi connectivity index (χ2v) is 4.91. The summed E-state index contributed by atoms with van der Waals surface area (Å²) in [5.41, 5.74) is 12.0. The van der Waals surface area contributed by atoms with Gasteiger partial charge in [-0.05, 0) is 67.1 Å². The first kappa shape index (κ1) is 13.5. The predicted molar refractivity (Wildman–Crippen MR) is 80.7 cm³/mol. The normalized spacial score (nSPS) is 10.5. The minimum atomic E-state index is 0.880. The Morgan fingerprint density at radius 2 is 1.58 bits per heavy atom. The van der Waals surface area contributed by atoms with E-state index in [0.29, 0.717) is 0 Å². The largest absolute Gasteiger partial charge is 0.497 e. The molecule has 0 saturated carbocycles. The molecule has 0 heterocycles. The topological polar surface area (TPSA) is 35.2 Å². The Bertz CT molecular complexity index is 558. The SMILES string of the molecule is COc1ccc(CCc2ccc(N)c(C)c2C)cc1. The Hall–Kier alpha value is -1.96. The summed E-state index contributed by atoms with van der Waals surface area (Å²) in [6, 6.07) is 12.4. The summed E-state index contributed by atoms with van der Waals surface area (Å²) >= 11 is 0. The summed E-state index contributed by atoms with van der Waals surface area (Å²) in [6.45, 7) is 4.23. The van der Waals surface area contributed by atoms with Crippen LogP contribution in [0.4, 0.5) is 5.69 Å². The maximum Gasteiger partial charge on any atom is 0.118 e. The van der Waals surface area contributed by atoms with Gasteiger partial charge in [0.2, 0.25) is 0 Å². The average Bonchev–Trinajstić information content (AvgIpc) is 2.45. The van der Waals surface area contributed by atoms with E-state index in [9.17, 15) is 0 Å². The number of nitrogen functional groups attached to an aromatic ring is 1. The zero-order valence-corrected chi connectivity index (χ0v) is 11.9. The Labute approximate surface area is 115 Å². The zero-order valence-electron chi connectivity index (χ0n) is 11.9. The zero-order chi connectivity index (χ0) is 13.8. The highest BCUT2D eigenvalue weighted by atomic mass is 16.5. The molecule has 0 aliphatic rings. The molecule has 100 valence electrons. The maximum atomic E-state index is 5.91. The van der Waals surface area contributed by atoms with E-state index >= 15 is 0 Å². The van der Waals surface area contributed by atoms with Crippen molar-refractivity contribution in [1.29, 1.82) is 0 Å². The maximum absolute atomic E-state index is 5.91. The lowest BCUT2D eigenvalue weighted by Gasteiger charge is -2.11. The van der Waals surface area contributed by atoms with Gasteiger partial charge in [-0.15, -0.1) is 0 Å². The van der Waals surface area contributed by atoms with Crippen LogP contribution in [0.3, 0.4) is 0 Å². The van der Waals surface area contributed by atoms with E-state index in [2.05, 4.69) is 32.0 Å². The van der Waals surface area contributed by atoms with Gasteiger partial charge >= 0.3 is 0 Å². The number of hydrogen-bond donors (Lipinski definition) is 1. The molecule has 0 unspecified atom stereocenters. The van der Waals surface area contributed by atoms with Gasteiger partial charge in [-0.2, -0.15) is 0 Å². The summed E-state index contributed by atoms with van der Waals surface area (Å²) in [5, 5.41) is 0. The van der Waals surface area contributed by atoms with E-state index in [-0.39, 0.29) is 0 Å². The van der Waals surface area contributed by atoms with Crippen LogP contribution >= 0.6 is 0 Å². The third-order valence-corrected chi connectivity index (χ3v) is 3.78. The van der Waals surface area contributed by atoms with E-state index in [1.807, 2.05) is 18.2 Å². The van der Waals surface area contributed by atoms with Gasteiger partial charge in [0.05, 0.1) is 7.11 Å². The number of benzene rings is 2. The van der Waals surface area contributed by atoms with Gasteiger partial charge in [-0.25, -0.2) is 0 Å². The number of hydrogen-bond acceptors (Lipinski definition) is 2. The van der Waals surface area contributed by atoms with Gasteiger partial charge < -0.3 is 10.5 Å². The fourth-order valence-electron chi connectivity index (χ4n) is 2.24. The summed E-state index contributed by atoms with van der Waals surface area (Å²) in [4.78, 5) is 0. The van der Waals surface area contributed by atoms with Crippen molar-refractivity contribution in [3.63, 3.8) is 0 Å². The van der Waals surface area contributed by atoms with Crippen LogP contribution in [-0.4, -0.2) is 7.11 Å². The average molecular weight is 255 g/mol. The summed E-state index contributed by atoms with van der Waals surface area (Å²) < 4.78 is 5.17. The van der Waals surface area contributed by atoms with Crippen LogP contribution in [0.1, 0.15) is 22.3 Å². The van der Waals surface area contributed by atoms with Crippen LogP contribution < -0.4 is 10.5 Å². The molecule has 2 aromatic carbocycles. The Balaban J connectivity index is 2.08. The lowest BCUT2D eigenvalue weighted by Crippen LogP contribution is -1.99. The molecule has 2 N–H and O–H groups in total. The Morgan fingerprint density at radius 1 is 0.895 bits per heavy atom. The molecule has 2 heteroatoms. The summed E-state index contributed by atoms with van der Waals surface area (Å²) in [6.07, 6.45) is 2.08. The number of nitrogens with two attached hydrogens (primary N) is 1. The van der Waals surface area contributed by atoms with E-state index < -0.39 is 0 Å². The van der Waals surface area contributed by atoms with Crippen LogP contribution in [0.5, 0.6) is 5.75 Å². The van der Waals surface area contributed by atoms with Crippen molar-refractivity contribution in [2.24, 2.45) is 0 Å². The molecule has 2 rings (SSSR count). The molecular formula is C17H21NO. The fraction of sp³-hybridized carbons (Fsp3) is 0.294. The van der Waals surface area contributed by atoms with E-state index in [1.54, 1.807) is 7.11 Å². The Kier molecular flexibility index (Phi) is 4.10. The van der Waals surface area contributed by atoms with Crippen LogP contribution in [-0.2, 0) is 12.8 Å². The number of rotatable bonds is 4. The molecule has 2 nitrogen and oxygen atoms in total. The summed E-state index contributed by atoms with van der Waals surface area (Å²) in [7, 11) is 1.69. The van der Waals surface area contributed by atoms with E-state index in [4.69, 9.17) is 10.5 Å². The van der Waals surface area contributed by atoms with Crippen molar-refractivity contribution >= 4 is 5.69 Å². The van der Waals surface area contributed by atoms with Crippen LogP contribution in [0, 0.1) is 13.8 Å². The van der Waals surface area contributed by atoms with Crippen molar-refractivity contribution < 1.29 is 4.74 Å². The van der Waals surface area contributed by atoms with E-state index in [0.717, 1.165) is 24.3 Å². The smallest absolute Gasteiger partial charge is 0.118 e. The van der Waals surface area contributed by atoms with Crippen LogP contribution in [0.15, 0.2) is 36.4 Å². The van der Waals surface area contributed by atoms with Gasteiger partial charge in [-0.1, -0.05) is 18.2 Å². The molecule has 19 heavy (non-hydrogen) atoms. The van der Waals surface area contributed by atoms with Crippen molar-refractivity contribution in [2.75, 3.05) is 12.8 Å². The molecule has 0 fully saturated rings. The highest BCUT2D eigenvalue weighted by Crippen LogP contribution is 2.21. The second kappa shape index (κ2) is 5.79. The molecule has 0 amide bonds. The molecule has 0 saturated heterocycles. The molecule has 2 aromatic rings. The van der Waals surface area contributed by atoms with Crippen molar-refractivity contribution in [1.82, 2.24) is 0 Å². The third kappa shape index (κ3) is 3.08. The molecular weight excluding hydrogens is 234 g/mol. The molecule has 0 aliphatic heterocycles. The molecule has 0 bridgehead atoms.